The molecule has 5 heteroatoms. The number of carbonyl (C=O) groups excluding carboxylic acids is 1. The summed E-state index contributed by atoms with van der Waals surface area (Å²) >= 11 is 6.12. The van der Waals surface area contributed by atoms with Crippen LogP contribution in [0.15, 0.2) is 18.5 Å². The summed E-state index contributed by atoms with van der Waals surface area (Å²) in [6.07, 6.45) is 9.73. The Hall–Kier alpha value is -1.29. The second-order valence-electron chi connectivity index (χ2n) is 5.84. The van der Waals surface area contributed by atoms with Crippen molar-refractivity contribution in [2.45, 2.75) is 50.6 Å². The number of halogens is 1. The number of aromatic nitrogens is 1. The van der Waals surface area contributed by atoms with Crippen molar-refractivity contribution < 1.29 is 4.79 Å². The van der Waals surface area contributed by atoms with Gasteiger partial charge in [0, 0.05) is 30.4 Å². The zero-order chi connectivity index (χ0) is 13.9. The van der Waals surface area contributed by atoms with E-state index in [2.05, 4.69) is 15.6 Å². The lowest BCUT2D eigenvalue weighted by atomic mass is 9.85. The summed E-state index contributed by atoms with van der Waals surface area (Å²) in [6.45, 7) is 0. The summed E-state index contributed by atoms with van der Waals surface area (Å²) in [5.74, 6) is 0.377. The molecule has 1 aromatic heterocycles. The van der Waals surface area contributed by atoms with Crippen molar-refractivity contribution in [3.05, 3.63) is 23.5 Å². The van der Waals surface area contributed by atoms with E-state index in [0.29, 0.717) is 17.1 Å². The highest BCUT2D eigenvalue weighted by Crippen LogP contribution is 2.30. The molecule has 0 unspecified atom stereocenters. The standard InChI is InChI=1S/C15H20ClN3O/c16-13-9-17-7-6-14(13)18-12-3-1-2-10(8-12)15(20)19-11-4-5-11/h6-7,9-12H,1-5,8H2,(H,17,18)(H,19,20)/t10-,12+/m1/s1. The van der Waals surface area contributed by atoms with Crippen molar-refractivity contribution in [1.82, 2.24) is 10.3 Å². The van der Waals surface area contributed by atoms with Crippen LogP contribution in [-0.2, 0) is 4.79 Å². The Morgan fingerprint density at radius 3 is 2.85 bits per heavy atom. The molecular formula is C15H20ClN3O. The zero-order valence-electron chi connectivity index (χ0n) is 11.4. The summed E-state index contributed by atoms with van der Waals surface area (Å²) in [6, 6.07) is 2.65. The van der Waals surface area contributed by atoms with Gasteiger partial charge in [-0.1, -0.05) is 18.0 Å². The SMILES string of the molecule is O=C(NC1CC1)[C@@H]1CCC[C@H](Nc2ccncc2Cl)C1. The van der Waals surface area contributed by atoms with Crippen LogP contribution < -0.4 is 10.6 Å². The minimum Gasteiger partial charge on any atom is -0.381 e. The molecule has 2 aliphatic carbocycles. The average Bonchev–Trinajstić information content (AvgIpc) is 3.26. The van der Waals surface area contributed by atoms with E-state index >= 15 is 0 Å². The third-order valence-electron chi connectivity index (χ3n) is 4.10. The van der Waals surface area contributed by atoms with Crippen molar-refractivity contribution in [2.75, 3.05) is 5.32 Å². The van der Waals surface area contributed by atoms with Crippen molar-refractivity contribution >= 4 is 23.2 Å². The highest BCUT2D eigenvalue weighted by molar-refractivity contribution is 6.33. The molecule has 2 aliphatic rings. The maximum atomic E-state index is 12.1. The molecule has 20 heavy (non-hydrogen) atoms. The van der Waals surface area contributed by atoms with Gasteiger partial charge in [-0.2, -0.15) is 0 Å². The summed E-state index contributed by atoms with van der Waals surface area (Å²) in [5.41, 5.74) is 0.912. The molecule has 2 N–H and O–H groups in total. The van der Waals surface area contributed by atoms with Crippen LogP contribution in [0.25, 0.3) is 0 Å². The first-order valence-corrected chi connectivity index (χ1v) is 7.76. The Morgan fingerprint density at radius 2 is 2.10 bits per heavy atom. The largest absolute Gasteiger partial charge is 0.381 e. The van der Waals surface area contributed by atoms with E-state index in [1.807, 2.05) is 6.07 Å². The number of nitrogens with one attached hydrogen (secondary N) is 2. The van der Waals surface area contributed by atoms with E-state index in [1.165, 1.54) is 0 Å². The number of pyridine rings is 1. The zero-order valence-corrected chi connectivity index (χ0v) is 12.2. The minimum atomic E-state index is 0.141. The molecule has 4 nitrogen and oxygen atoms in total. The molecule has 2 atom stereocenters. The highest BCUT2D eigenvalue weighted by atomic mass is 35.5. The fourth-order valence-corrected chi connectivity index (χ4v) is 2.99. The summed E-state index contributed by atoms with van der Waals surface area (Å²) < 4.78 is 0. The number of nitrogens with zero attached hydrogens (tertiary/aromatic N) is 1. The summed E-state index contributed by atoms with van der Waals surface area (Å²) in [7, 11) is 0. The quantitative estimate of drug-likeness (QED) is 0.897. The monoisotopic (exact) mass is 293 g/mol. The summed E-state index contributed by atoms with van der Waals surface area (Å²) in [4.78, 5) is 16.1. The molecule has 0 spiro atoms. The van der Waals surface area contributed by atoms with Crippen molar-refractivity contribution in [3.63, 3.8) is 0 Å². The number of rotatable bonds is 4. The summed E-state index contributed by atoms with van der Waals surface area (Å²) in [5, 5.41) is 7.20. The Kier molecular flexibility index (Phi) is 4.10. The normalized spacial score (nSPS) is 26.1. The van der Waals surface area contributed by atoms with Crippen LogP contribution in [0.5, 0.6) is 0 Å². The lowest BCUT2D eigenvalue weighted by molar-refractivity contribution is -0.126. The Balaban J connectivity index is 1.57. The number of hydrogen-bond donors (Lipinski definition) is 2. The van der Waals surface area contributed by atoms with Gasteiger partial charge in [0.25, 0.3) is 0 Å². The van der Waals surface area contributed by atoms with Crippen LogP contribution in [0.3, 0.4) is 0 Å². The van der Waals surface area contributed by atoms with Gasteiger partial charge in [-0.05, 0) is 38.2 Å². The van der Waals surface area contributed by atoms with Gasteiger partial charge >= 0.3 is 0 Å². The van der Waals surface area contributed by atoms with Crippen LogP contribution in [-0.4, -0.2) is 23.0 Å². The van der Waals surface area contributed by atoms with Gasteiger partial charge in [0.1, 0.15) is 0 Å². The predicted octanol–water partition coefficient (Wildman–Crippen LogP) is 2.98. The molecule has 0 saturated heterocycles. The second-order valence-corrected chi connectivity index (χ2v) is 6.25. The molecule has 0 aromatic carbocycles. The fraction of sp³-hybridized carbons (Fsp3) is 0.600. The van der Waals surface area contributed by atoms with Gasteiger partial charge in [-0.25, -0.2) is 0 Å². The van der Waals surface area contributed by atoms with E-state index in [0.717, 1.165) is 44.2 Å². The molecule has 1 amide bonds. The molecule has 0 aliphatic heterocycles. The van der Waals surface area contributed by atoms with Crippen molar-refractivity contribution in [1.29, 1.82) is 0 Å². The number of amides is 1. The first kappa shape index (κ1) is 13.7. The van der Waals surface area contributed by atoms with E-state index in [1.54, 1.807) is 12.4 Å². The smallest absolute Gasteiger partial charge is 0.223 e. The third-order valence-corrected chi connectivity index (χ3v) is 4.40. The Labute approximate surface area is 124 Å². The predicted molar refractivity (Wildman–Crippen MR) is 79.8 cm³/mol. The van der Waals surface area contributed by atoms with Gasteiger partial charge < -0.3 is 10.6 Å². The van der Waals surface area contributed by atoms with Gasteiger partial charge in [0.2, 0.25) is 5.91 Å². The van der Waals surface area contributed by atoms with Crippen molar-refractivity contribution in [2.24, 2.45) is 5.92 Å². The van der Waals surface area contributed by atoms with Crippen LogP contribution in [0.2, 0.25) is 5.02 Å². The van der Waals surface area contributed by atoms with E-state index in [9.17, 15) is 4.79 Å². The third kappa shape index (κ3) is 3.42. The maximum absolute atomic E-state index is 12.1. The molecule has 2 fully saturated rings. The first-order valence-electron chi connectivity index (χ1n) is 7.39. The first-order chi connectivity index (χ1) is 9.72. The van der Waals surface area contributed by atoms with Crippen LogP contribution in [0.1, 0.15) is 38.5 Å². The van der Waals surface area contributed by atoms with Crippen LogP contribution >= 0.6 is 11.6 Å². The van der Waals surface area contributed by atoms with Gasteiger partial charge in [-0.15, -0.1) is 0 Å². The Bertz CT molecular complexity index is 490. The number of anilines is 1. The molecule has 1 heterocycles. The average molecular weight is 294 g/mol. The lowest BCUT2D eigenvalue weighted by Crippen LogP contribution is -2.38. The van der Waals surface area contributed by atoms with E-state index in [4.69, 9.17) is 11.6 Å². The minimum absolute atomic E-state index is 0.141. The van der Waals surface area contributed by atoms with Crippen LogP contribution in [0.4, 0.5) is 5.69 Å². The molecule has 0 bridgehead atoms. The van der Waals surface area contributed by atoms with E-state index in [-0.39, 0.29) is 11.8 Å². The van der Waals surface area contributed by atoms with Crippen molar-refractivity contribution in [3.8, 4) is 0 Å². The number of hydrogen-bond acceptors (Lipinski definition) is 3. The van der Waals surface area contributed by atoms with Gasteiger partial charge in [0.15, 0.2) is 0 Å². The van der Waals surface area contributed by atoms with Crippen LogP contribution in [0, 0.1) is 5.92 Å². The van der Waals surface area contributed by atoms with Gasteiger partial charge in [0.05, 0.1) is 10.7 Å². The van der Waals surface area contributed by atoms with E-state index < -0.39 is 0 Å². The fourth-order valence-electron chi connectivity index (χ4n) is 2.82. The second kappa shape index (κ2) is 6.00. The Morgan fingerprint density at radius 1 is 1.25 bits per heavy atom. The lowest BCUT2D eigenvalue weighted by Gasteiger charge is -2.30. The molecule has 108 valence electrons. The highest BCUT2D eigenvalue weighted by Gasteiger charge is 2.31. The topological polar surface area (TPSA) is 54.0 Å². The van der Waals surface area contributed by atoms with Gasteiger partial charge in [-0.3, -0.25) is 9.78 Å². The maximum Gasteiger partial charge on any atom is 0.223 e. The molecule has 2 saturated carbocycles. The number of carbonyl (C=O) groups is 1. The molecular weight excluding hydrogens is 274 g/mol. The molecule has 3 rings (SSSR count). The molecule has 0 radical (unpaired) electrons. The molecule has 1 aromatic rings.